The van der Waals surface area contributed by atoms with Crippen LogP contribution in [0, 0.1) is 10.1 Å². The molecular weight excluding hydrogens is 354 g/mol. The average Bonchev–Trinajstić information content (AvgIpc) is 3.03. The SMILES string of the molecule is C=CCn1c(SCC(=O)NC(C)CC)nnc1-c1ccc([N+](=O)[O-])cc1. The molecule has 0 saturated heterocycles. The van der Waals surface area contributed by atoms with E-state index in [0.717, 1.165) is 6.42 Å². The Labute approximate surface area is 155 Å². The number of nitro groups is 1. The number of rotatable bonds is 9. The van der Waals surface area contributed by atoms with Gasteiger partial charge < -0.3 is 5.32 Å². The van der Waals surface area contributed by atoms with Crippen molar-refractivity contribution < 1.29 is 9.72 Å². The van der Waals surface area contributed by atoms with E-state index in [1.54, 1.807) is 18.2 Å². The minimum absolute atomic E-state index is 0.0137. The maximum Gasteiger partial charge on any atom is 0.269 e. The Hall–Kier alpha value is -2.68. The largest absolute Gasteiger partial charge is 0.353 e. The predicted molar refractivity (Wildman–Crippen MR) is 101 cm³/mol. The van der Waals surface area contributed by atoms with Gasteiger partial charge in [-0.2, -0.15) is 0 Å². The van der Waals surface area contributed by atoms with Gasteiger partial charge in [0.05, 0.1) is 10.7 Å². The molecule has 0 aliphatic rings. The number of benzene rings is 1. The van der Waals surface area contributed by atoms with E-state index in [1.165, 1.54) is 23.9 Å². The van der Waals surface area contributed by atoms with Crippen molar-refractivity contribution in [3.05, 3.63) is 47.0 Å². The predicted octanol–water partition coefficient (Wildman–Crippen LogP) is 3.05. The van der Waals surface area contributed by atoms with Gasteiger partial charge in [-0.25, -0.2) is 0 Å². The topological polar surface area (TPSA) is 103 Å². The number of thioether (sulfide) groups is 1. The second-order valence-corrected chi connectivity index (χ2v) is 6.62. The van der Waals surface area contributed by atoms with Gasteiger partial charge in [-0.15, -0.1) is 16.8 Å². The Morgan fingerprint density at radius 3 is 2.69 bits per heavy atom. The molecule has 1 heterocycles. The van der Waals surface area contributed by atoms with Gasteiger partial charge in [-0.05, 0) is 25.5 Å². The molecule has 1 amide bonds. The number of nitro benzene ring substituents is 1. The first-order valence-electron chi connectivity index (χ1n) is 8.17. The van der Waals surface area contributed by atoms with Gasteiger partial charge >= 0.3 is 0 Å². The molecule has 1 unspecified atom stereocenters. The summed E-state index contributed by atoms with van der Waals surface area (Å²) in [5.41, 5.74) is 0.723. The number of carbonyl (C=O) groups excluding carboxylic acids is 1. The van der Waals surface area contributed by atoms with E-state index in [0.29, 0.717) is 23.1 Å². The van der Waals surface area contributed by atoms with Crippen LogP contribution in [0.2, 0.25) is 0 Å². The van der Waals surface area contributed by atoms with Gasteiger partial charge in [0.25, 0.3) is 5.69 Å². The van der Waals surface area contributed by atoms with E-state index >= 15 is 0 Å². The number of hydrogen-bond acceptors (Lipinski definition) is 6. The molecule has 0 fully saturated rings. The van der Waals surface area contributed by atoms with Gasteiger partial charge in [0.1, 0.15) is 0 Å². The summed E-state index contributed by atoms with van der Waals surface area (Å²) < 4.78 is 1.83. The molecule has 26 heavy (non-hydrogen) atoms. The van der Waals surface area contributed by atoms with Crippen molar-refractivity contribution in [1.29, 1.82) is 0 Å². The van der Waals surface area contributed by atoms with Crippen LogP contribution in [0.1, 0.15) is 20.3 Å². The van der Waals surface area contributed by atoms with Crippen LogP contribution >= 0.6 is 11.8 Å². The first kappa shape index (κ1) is 19.6. The third-order valence-corrected chi connectivity index (χ3v) is 4.68. The number of allylic oxidation sites excluding steroid dienone is 1. The molecule has 2 aromatic rings. The number of nitrogens with one attached hydrogen (secondary N) is 1. The van der Waals surface area contributed by atoms with Crippen LogP contribution in [-0.2, 0) is 11.3 Å². The summed E-state index contributed by atoms with van der Waals surface area (Å²) in [4.78, 5) is 22.3. The normalized spacial score (nSPS) is 11.8. The van der Waals surface area contributed by atoms with Gasteiger partial charge in [-0.3, -0.25) is 19.5 Å². The highest BCUT2D eigenvalue weighted by atomic mass is 32.2. The van der Waals surface area contributed by atoms with Gasteiger partial charge in [-0.1, -0.05) is 24.8 Å². The second-order valence-electron chi connectivity index (χ2n) is 5.67. The molecule has 0 saturated carbocycles. The molecule has 9 heteroatoms. The summed E-state index contributed by atoms with van der Waals surface area (Å²) in [5, 5.41) is 22.6. The third kappa shape index (κ3) is 4.92. The summed E-state index contributed by atoms with van der Waals surface area (Å²) in [6, 6.07) is 6.24. The van der Waals surface area contributed by atoms with Crippen molar-refractivity contribution in [2.24, 2.45) is 0 Å². The number of amides is 1. The van der Waals surface area contributed by atoms with E-state index < -0.39 is 4.92 Å². The van der Waals surface area contributed by atoms with Crippen LogP contribution in [0.5, 0.6) is 0 Å². The van der Waals surface area contributed by atoms with Crippen molar-refractivity contribution in [3.8, 4) is 11.4 Å². The molecule has 2 rings (SSSR count). The minimum Gasteiger partial charge on any atom is -0.353 e. The van der Waals surface area contributed by atoms with E-state index in [1.807, 2.05) is 18.4 Å². The van der Waals surface area contributed by atoms with Crippen molar-refractivity contribution in [3.63, 3.8) is 0 Å². The maximum absolute atomic E-state index is 12.0. The van der Waals surface area contributed by atoms with E-state index in [2.05, 4.69) is 22.1 Å². The standard InChI is InChI=1S/C17H21N5O3S/c1-4-10-21-16(13-6-8-14(9-7-13)22(24)25)19-20-17(21)26-11-15(23)18-12(3)5-2/h4,6-9,12H,1,5,10-11H2,2-3H3,(H,18,23). The summed E-state index contributed by atoms with van der Waals surface area (Å²) in [5.74, 6) is 0.749. The summed E-state index contributed by atoms with van der Waals surface area (Å²) in [7, 11) is 0. The Morgan fingerprint density at radius 1 is 1.42 bits per heavy atom. The average molecular weight is 375 g/mol. The molecule has 1 N–H and O–H groups in total. The quantitative estimate of drug-likeness (QED) is 0.313. The van der Waals surface area contributed by atoms with Gasteiger partial charge in [0.2, 0.25) is 5.91 Å². The molecule has 0 radical (unpaired) electrons. The molecule has 0 aliphatic carbocycles. The number of carbonyl (C=O) groups is 1. The molecule has 0 aliphatic heterocycles. The summed E-state index contributed by atoms with van der Waals surface area (Å²) >= 11 is 1.29. The Morgan fingerprint density at radius 2 is 2.12 bits per heavy atom. The fourth-order valence-corrected chi connectivity index (χ4v) is 2.94. The van der Waals surface area contributed by atoms with Crippen molar-refractivity contribution in [2.45, 2.75) is 38.0 Å². The van der Waals surface area contributed by atoms with E-state index in [9.17, 15) is 14.9 Å². The van der Waals surface area contributed by atoms with Crippen LogP contribution in [0.15, 0.2) is 42.1 Å². The zero-order chi connectivity index (χ0) is 19.1. The number of nitrogens with zero attached hydrogens (tertiary/aromatic N) is 4. The minimum atomic E-state index is -0.449. The van der Waals surface area contributed by atoms with Crippen LogP contribution in [0.4, 0.5) is 5.69 Å². The number of non-ortho nitro benzene ring substituents is 1. The lowest BCUT2D eigenvalue weighted by Crippen LogP contribution is -2.33. The Balaban J connectivity index is 2.18. The van der Waals surface area contributed by atoms with Crippen LogP contribution < -0.4 is 5.32 Å². The fraction of sp³-hybridized carbons (Fsp3) is 0.353. The monoisotopic (exact) mass is 375 g/mol. The fourth-order valence-electron chi connectivity index (χ4n) is 2.18. The molecule has 0 spiro atoms. The zero-order valence-electron chi connectivity index (χ0n) is 14.7. The highest BCUT2D eigenvalue weighted by molar-refractivity contribution is 7.99. The van der Waals surface area contributed by atoms with Crippen molar-refractivity contribution in [2.75, 3.05) is 5.75 Å². The molecule has 1 aromatic heterocycles. The molecule has 0 bridgehead atoms. The number of hydrogen-bond donors (Lipinski definition) is 1. The van der Waals surface area contributed by atoms with Gasteiger partial charge in [0, 0.05) is 30.3 Å². The van der Waals surface area contributed by atoms with Crippen molar-refractivity contribution in [1.82, 2.24) is 20.1 Å². The third-order valence-electron chi connectivity index (χ3n) is 3.72. The smallest absolute Gasteiger partial charge is 0.269 e. The van der Waals surface area contributed by atoms with Crippen LogP contribution in [0.25, 0.3) is 11.4 Å². The van der Waals surface area contributed by atoms with E-state index in [-0.39, 0.29) is 23.4 Å². The molecular formula is C17H21N5O3S. The lowest BCUT2D eigenvalue weighted by Gasteiger charge is -2.11. The first-order chi connectivity index (χ1) is 12.5. The number of aromatic nitrogens is 3. The lowest BCUT2D eigenvalue weighted by atomic mass is 10.2. The highest BCUT2D eigenvalue weighted by Crippen LogP contribution is 2.25. The molecule has 1 atom stereocenters. The summed E-state index contributed by atoms with van der Waals surface area (Å²) in [6.45, 7) is 8.17. The summed E-state index contributed by atoms with van der Waals surface area (Å²) in [6.07, 6.45) is 2.58. The van der Waals surface area contributed by atoms with Crippen molar-refractivity contribution >= 4 is 23.4 Å². The van der Waals surface area contributed by atoms with Crippen LogP contribution in [0.3, 0.4) is 0 Å². The zero-order valence-corrected chi connectivity index (χ0v) is 15.5. The van der Waals surface area contributed by atoms with Gasteiger partial charge in [0.15, 0.2) is 11.0 Å². The Kier molecular flexibility index (Phi) is 6.90. The molecule has 8 nitrogen and oxygen atoms in total. The maximum atomic E-state index is 12.0. The Bertz CT molecular complexity index is 788. The molecule has 138 valence electrons. The van der Waals surface area contributed by atoms with Crippen LogP contribution in [-0.4, -0.2) is 37.4 Å². The lowest BCUT2D eigenvalue weighted by molar-refractivity contribution is -0.384. The second kappa shape index (κ2) is 9.14. The first-order valence-corrected chi connectivity index (χ1v) is 9.15. The molecule has 1 aromatic carbocycles. The van der Waals surface area contributed by atoms with E-state index in [4.69, 9.17) is 0 Å². The highest BCUT2D eigenvalue weighted by Gasteiger charge is 2.16.